The Labute approximate surface area is 230 Å². The van der Waals surface area contributed by atoms with Crippen LogP contribution in [0.5, 0.6) is 11.5 Å². The molecule has 0 aliphatic heterocycles. The van der Waals surface area contributed by atoms with Gasteiger partial charge in [-0.1, -0.05) is 61.5 Å². The summed E-state index contributed by atoms with van der Waals surface area (Å²) >= 11 is 0. The van der Waals surface area contributed by atoms with Crippen molar-refractivity contribution >= 4 is 21.6 Å². The first kappa shape index (κ1) is 27.7. The maximum atomic E-state index is 14.0. The molecule has 0 unspecified atom stereocenters. The molecule has 8 heteroatoms. The first-order valence-corrected chi connectivity index (χ1v) is 14.1. The highest BCUT2D eigenvalue weighted by Crippen LogP contribution is 2.31. The van der Waals surface area contributed by atoms with Gasteiger partial charge in [-0.25, -0.2) is 8.42 Å². The second-order valence-electron chi connectivity index (χ2n) is 8.90. The third-order valence-corrected chi connectivity index (χ3v) is 8.24. The average molecular weight is 545 g/mol. The summed E-state index contributed by atoms with van der Waals surface area (Å²) in [7, 11) is -0.917. The summed E-state index contributed by atoms with van der Waals surface area (Å²) in [5.41, 5.74) is 2.27. The summed E-state index contributed by atoms with van der Waals surface area (Å²) in [6.07, 6.45) is 0.651. The maximum Gasteiger partial charge on any atom is 0.264 e. The average Bonchev–Trinajstić information content (AvgIpc) is 2.99. The first-order valence-electron chi connectivity index (χ1n) is 12.6. The van der Waals surface area contributed by atoms with Gasteiger partial charge < -0.3 is 14.8 Å². The molecule has 0 heterocycles. The van der Waals surface area contributed by atoms with Gasteiger partial charge in [0.25, 0.3) is 15.9 Å². The molecule has 0 aliphatic rings. The third-order valence-electron chi connectivity index (χ3n) is 6.47. The van der Waals surface area contributed by atoms with Crippen molar-refractivity contribution in [1.29, 1.82) is 0 Å². The number of rotatable bonds is 11. The Morgan fingerprint density at radius 3 is 1.95 bits per heavy atom. The van der Waals surface area contributed by atoms with E-state index in [1.165, 1.54) is 23.5 Å². The molecule has 1 N–H and O–H groups in total. The standard InChI is InChI=1S/C31H32N2O5S/c1-4-29(24-14-16-25(37-2)17-15-24)32-31(34)28-12-8-9-13-30(28)33(22-23-10-6-5-7-11-23)39(35,36)27-20-18-26(38-3)19-21-27/h5-21,29H,4,22H2,1-3H3,(H,32,34)/t29-/m1/s1. The molecular weight excluding hydrogens is 512 g/mol. The summed E-state index contributed by atoms with van der Waals surface area (Å²) in [6, 6.07) is 29.5. The van der Waals surface area contributed by atoms with Crippen LogP contribution in [0.2, 0.25) is 0 Å². The molecule has 7 nitrogen and oxygen atoms in total. The Balaban J connectivity index is 1.73. The van der Waals surface area contributed by atoms with Gasteiger partial charge in [-0.3, -0.25) is 9.10 Å². The predicted molar refractivity (Wildman–Crippen MR) is 153 cm³/mol. The number of hydrogen-bond donors (Lipinski definition) is 1. The van der Waals surface area contributed by atoms with E-state index in [0.717, 1.165) is 16.9 Å². The SMILES string of the molecule is CC[C@@H](NC(=O)c1ccccc1N(Cc1ccccc1)S(=O)(=O)c1ccc(OC)cc1)c1ccc(OC)cc1. The number of nitrogens with zero attached hydrogens (tertiary/aromatic N) is 1. The number of sulfonamides is 1. The molecule has 4 rings (SSSR count). The van der Waals surface area contributed by atoms with Crippen LogP contribution in [0.15, 0.2) is 108 Å². The summed E-state index contributed by atoms with van der Waals surface area (Å²) in [4.78, 5) is 13.8. The van der Waals surface area contributed by atoms with E-state index in [1.54, 1.807) is 43.5 Å². The Morgan fingerprint density at radius 1 is 0.795 bits per heavy atom. The lowest BCUT2D eigenvalue weighted by Gasteiger charge is -2.27. The van der Waals surface area contributed by atoms with E-state index in [9.17, 15) is 13.2 Å². The van der Waals surface area contributed by atoms with E-state index >= 15 is 0 Å². The molecule has 1 amide bonds. The zero-order chi connectivity index (χ0) is 27.8. The van der Waals surface area contributed by atoms with Gasteiger partial charge in [-0.2, -0.15) is 0 Å². The van der Waals surface area contributed by atoms with Gasteiger partial charge in [0.15, 0.2) is 0 Å². The van der Waals surface area contributed by atoms with Crippen molar-refractivity contribution in [2.45, 2.75) is 30.8 Å². The molecule has 4 aromatic carbocycles. The number of carbonyl (C=O) groups excluding carboxylic acids is 1. The second kappa shape index (κ2) is 12.5. The van der Waals surface area contributed by atoms with E-state index in [4.69, 9.17) is 9.47 Å². The molecule has 0 spiro atoms. The van der Waals surface area contributed by atoms with Crippen LogP contribution < -0.4 is 19.1 Å². The lowest BCUT2D eigenvalue weighted by atomic mass is 10.0. The molecule has 4 aromatic rings. The number of benzene rings is 4. The number of methoxy groups -OCH3 is 2. The molecule has 0 saturated heterocycles. The molecule has 0 fully saturated rings. The predicted octanol–water partition coefficient (Wildman–Crippen LogP) is 5.98. The van der Waals surface area contributed by atoms with Gasteiger partial charge in [-0.05, 0) is 66.1 Å². The van der Waals surface area contributed by atoms with E-state index < -0.39 is 10.0 Å². The van der Waals surface area contributed by atoms with Gasteiger partial charge in [0.2, 0.25) is 0 Å². The molecule has 1 atom stereocenters. The lowest BCUT2D eigenvalue weighted by molar-refractivity contribution is 0.0936. The van der Waals surface area contributed by atoms with Crippen molar-refractivity contribution in [3.8, 4) is 11.5 Å². The van der Waals surface area contributed by atoms with Crippen LogP contribution in [-0.4, -0.2) is 28.5 Å². The van der Waals surface area contributed by atoms with Crippen LogP contribution in [-0.2, 0) is 16.6 Å². The summed E-state index contributed by atoms with van der Waals surface area (Å²) in [5.74, 6) is 0.911. The van der Waals surface area contributed by atoms with E-state index in [-0.39, 0.29) is 29.0 Å². The monoisotopic (exact) mass is 544 g/mol. The smallest absolute Gasteiger partial charge is 0.264 e. The minimum atomic E-state index is -4.04. The van der Waals surface area contributed by atoms with Gasteiger partial charge >= 0.3 is 0 Å². The van der Waals surface area contributed by atoms with Crippen molar-refractivity contribution in [1.82, 2.24) is 5.32 Å². The Kier molecular flexibility index (Phi) is 8.88. The topological polar surface area (TPSA) is 84.9 Å². The van der Waals surface area contributed by atoms with Crippen LogP contribution in [0.25, 0.3) is 0 Å². The van der Waals surface area contributed by atoms with Crippen molar-refractivity contribution < 1.29 is 22.7 Å². The van der Waals surface area contributed by atoms with E-state index in [0.29, 0.717) is 17.9 Å². The highest BCUT2D eigenvalue weighted by atomic mass is 32.2. The molecule has 0 aliphatic carbocycles. The zero-order valence-corrected chi connectivity index (χ0v) is 23.0. The number of para-hydroxylation sites is 1. The minimum absolute atomic E-state index is 0.0508. The summed E-state index contributed by atoms with van der Waals surface area (Å²) < 4.78 is 39.8. The highest BCUT2D eigenvalue weighted by molar-refractivity contribution is 7.92. The largest absolute Gasteiger partial charge is 0.497 e. The molecule has 0 bridgehead atoms. The van der Waals surface area contributed by atoms with Crippen molar-refractivity contribution in [3.63, 3.8) is 0 Å². The second-order valence-corrected chi connectivity index (χ2v) is 10.8. The number of hydrogen-bond acceptors (Lipinski definition) is 5. The van der Waals surface area contributed by atoms with Crippen molar-refractivity contribution in [2.75, 3.05) is 18.5 Å². The quantitative estimate of drug-likeness (QED) is 0.251. The molecule has 202 valence electrons. The normalized spacial score (nSPS) is 11.9. The number of amides is 1. The van der Waals surface area contributed by atoms with E-state index in [2.05, 4.69) is 5.32 Å². The van der Waals surface area contributed by atoms with Crippen LogP contribution in [0.1, 0.15) is 40.9 Å². The van der Waals surface area contributed by atoms with Crippen LogP contribution >= 0.6 is 0 Å². The maximum absolute atomic E-state index is 14.0. The molecular formula is C31H32N2O5S. The fourth-order valence-electron chi connectivity index (χ4n) is 4.30. The number of carbonyl (C=O) groups is 1. The Bertz CT molecular complexity index is 1490. The van der Waals surface area contributed by atoms with Gasteiger partial charge in [0.1, 0.15) is 11.5 Å². The minimum Gasteiger partial charge on any atom is -0.497 e. The Hall–Kier alpha value is -4.30. The summed E-state index contributed by atoms with van der Waals surface area (Å²) in [5, 5.41) is 3.08. The van der Waals surface area contributed by atoms with E-state index in [1.807, 2.05) is 61.5 Å². The van der Waals surface area contributed by atoms with Crippen LogP contribution in [0.4, 0.5) is 5.69 Å². The molecule has 0 radical (unpaired) electrons. The van der Waals surface area contributed by atoms with Gasteiger partial charge in [0, 0.05) is 0 Å². The Morgan fingerprint density at radius 2 is 1.36 bits per heavy atom. The van der Waals surface area contributed by atoms with Crippen molar-refractivity contribution in [3.05, 3.63) is 120 Å². The van der Waals surface area contributed by atoms with Crippen LogP contribution in [0.3, 0.4) is 0 Å². The lowest BCUT2D eigenvalue weighted by Crippen LogP contribution is -2.34. The fraction of sp³-hybridized carbons (Fsp3) is 0.194. The molecule has 0 aromatic heterocycles. The van der Waals surface area contributed by atoms with Gasteiger partial charge in [-0.15, -0.1) is 0 Å². The fourth-order valence-corrected chi connectivity index (χ4v) is 5.77. The number of nitrogens with one attached hydrogen (secondary N) is 1. The summed E-state index contributed by atoms with van der Waals surface area (Å²) in [6.45, 7) is 2.03. The van der Waals surface area contributed by atoms with Crippen LogP contribution in [0, 0.1) is 0 Å². The third kappa shape index (κ3) is 6.41. The first-order chi connectivity index (χ1) is 18.9. The zero-order valence-electron chi connectivity index (χ0n) is 22.2. The number of anilines is 1. The van der Waals surface area contributed by atoms with Gasteiger partial charge in [0.05, 0.1) is 43.0 Å². The molecule has 0 saturated carbocycles. The van der Waals surface area contributed by atoms with Crippen molar-refractivity contribution in [2.24, 2.45) is 0 Å². The highest BCUT2D eigenvalue weighted by Gasteiger charge is 2.29. The molecule has 39 heavy (non-hydrogen) atoms. The number of ether oxygens (including phenoxy) is 2.